The highest BCUT2D eigenvalue weighted by molar-refractivity contribution is 7.90. The smallest absolute Gasteiger partial charge is 0.214 e. The predicted octanol–water partition coefficient (Wildman–Crippen LogP) is 3.49. The molecule has 138 valence electrons. The highest BCUT2D eigenvalue weighted by Crippen LogP contribution is 2.31. The maximum Gasteiger partial charge on any atom is 0.214 e. The normalized spacial score (nSPS) is 20.8. The Bertz CT molecular complexity index is 896. The van der Waals surface area contributed by atoms with E-state index in [0.29, 0.717) is 24.5 Å². The monoisotopic (exact) mass is 390 g/mol. The van der Waals surface area contributed by atoms with Crippen LogP contribution in [0.3, 0.4) is 0 Å². The number of sulfonamides is 1. The second-order valence-electron chi connectivity index (χ2n) is 6.69. The molecule has 3 rings (SSSR count). The van der Waals surface area contributed by atoms with E-state index in [1.54, 1.807) is 13.8 Å². The lowest BCUT2D eigenvalue weighted by Crippen LogP contribution is -2.46. The molecule has 0 bridgehead atoms. The van der Waals surface area contributed by atoms with Crippen LogP contribution in [0.5, 0.6) is 0 Å². The van der Waals surface area contributed by atoms with Crippen LogP contribution in [0, 0.1) is 11.3 Å². The van der Waals surface area contributed by atoms with E-state index in [4.69, 9.17) is 10.00 Å². The summed E-state index contributed by atoms with van der Waals surface area (Å²) in [5.74, 6) is -0.00988. The molecule has 0 unspecified atom stereocenters. The highest BCUT2D eigenvalue weighted by atomic mass is 32.2. The molecule has 1 aliphatic rings. The van der Waals surface area contributed by atoms with E-state index >= 15 is 0 Å². The molecule has 1 N–H and O–H groups in total. The summed E-state index contributed by atoms with van der Waals surface area (Å²) in [7, 11) is -3.32. The van der Waals surface area contributed by atoms with Gasteiger partial charge in [-0.25, -0.2) is 13.1 Å². The third-order valence-corrected chi connectivity index (χ3v) is 7.54. The zero-order valence-electron chi connectivity index (χ0n) is 14.8. The molecule has 2 heterocycles. The van der Waals surface area contributed by atoms with Crippen LogP contribution in [0.4, 0.5) is 0 Å². The van der Waals surface area contributed by atoms with Gasteiger partial charge in [0.05, 0.1) is 11.9 Å². The molecule has 0 radical (unpaired) electrons. The SMILES string of the molecule is CC(C)S(=O)(=O)N[C@H]1CCOC[C@@H]1c1ccc(-c2ccc(C#N)s2)cc1. The maximum absolute atomic E-state index is 12.3. The largest absolute Gasteiger partial charge is 0.381 e. The minimum absolute atomic E-state index is 0.00988. The fraction of sp³-hybridized carbons (Fsp3) is 0.421. The lowest BCUT2D eigenvalue weighted by Gasteiger charge is -2.33. The van der Waals surface area contributed by atoms with Crippen molar-refractivity contribution in [2.75, 3.05) is 13.2 Å². The Morgan fingerprint density at radius 1 is 1.23 bits per heavy atom. The Morgan fingerprint density at radius 3 is 2.58 bits per heavy atom. The van der Waals surface area contributed by atoms with Crippen molar-refractivity contribution in [3.8, 4) is 16.5 Å². The molecular weight excluding hydrogens is 368 g/mol. The number of hydrogen-bond donors (Lipinski definition) is 1. The minimum Gasteiger partial charge on any atom is -0.381 e. The molecule has 1 aliphatic heterocycles. The van der Waals surface area contributed by atoms with Crippen molar-refractivity contribution >= 4 is 21.4 Å². The zero-order valence-corrected chi connectivity index (χ0v) is 16.4. The quantitative estimate of drug-likeness (QED) is 0.848. The Kier molecular flexibility index (Phi) is 5.78. The lowest BCUT2D eigenvalue weighted by molar-refractivity contribution is 0.0653. The van der Waals surface area contributed by atoms with Crippen molar-refractivity contribution in [1.82, 2.24) is 4.72 Å². The molecule has 1 aromatic carbocycles. The Morgan fingerprint density at radius 2 is 1.96 bits per heavy atom. The summed E-state index contributed by atoms with van der Waals surface area (Å²) in [6, 6.07) is 13.8. The fourth-order valence-electron chi connectivity index (χ4n) is 3.00. The molecule has 5 nitrogen and oxygen atoms in total. The van der Waals surface area contributed by atoms with Gasteiger partial charge >= 0.3 is 0 Å². The average Bonchev–Trinajstić information content (AvgIpc) is 3.11. The number of rotatable bonds is 5. The highest BCUT2D eigenvalue weighted by Gasteiger charge is 2.31. The Hall–Kier alpha value is -1.72. The van der Waals surface area contributed by atoms with Gasteiger partial charge in [-0.15, -0.1) is 11.3 Å². The van der Waals surface area contributed by atoms with Gasteiger partial charge in [0.2, 0.25) is 10.0 Å². The first kappa shape index (κ1) is 19.1. The minimum atomic E-state index is -3.32. The van der Waals surface area contributed by atoms with Gasteiger partial charge in [-0.2, -0.15) is 5.26 Å². The molecule has 0 saturated carbocycles. The number of ether oxygens (including phenoxy) is 1. The molecule has 1 fully saturated rings. The Labute approximate surface area is 158 Å². The number of hydrogen-bond acceptors (Lipinski definition) is 5. The van der Waals surface area contributed by atoms with Gasteiger partial charge in [-0.1, -0.05) is 24.3 Å². The van der Waals surface area contributed by atoms with Gasteiger partial charge in [-0.05, 0) is 43.5 Å². The summed E-state index contributed by atoms with van der Waals surface area (Å²) in [5, 5.41) is 8.51. The van der Waals surface area contributed by atoms with Crippen LogP contribution in [0.2, 0.25) is 0 Å². The van der Waals surface area contributed by atoms with Crippen molar-refractivity contribution in [3.63, 3.8) is 0 Å². The van der Waals surface area contributed by atoms with Crippen LogP contribution in [-0.4, -0.2) is 32.9 Å². The molecule has 0 aliphatic carbocycles. The topological polar surface area (TPSA) is 79.2 Å². The number of benzene rings is 1. The first-order valence-corrected chi connectivity index (χ1v) is 11.0. The van der Waals surface area contributed by atoms with Crippen LogP contribution >= 0.6 is 11.3 Å². The predicted molar refractivity (Wildman–Crippen MR) is 104 cm³/mol. The molecule has 0 spiro atoms. The summed E-state index contributed by atoms with van der Waals surface area (Å²) in [5.41, 5.74) is 2.11. The molecule has 1 saturated heterocycles. The van der Waals surface area contributed by atoms with Gasteiger partial charge < -0.3 is 4.74 Å². The number of nitrogens with zero attached hydrogens (tertiary/aromatic N) is 1. The first-order valence-electron chi connectivity index (χ1n) is 8.60. The molecule has 7 heteroatoms. The summed E-state index contributed by atoms with van der Waals surface area (Å²) in [6.07, 6.45) is 0.662. The van der Waals surface area contributed by atoms with Gasteiger partial charge in [0.25, 0.3) is 0 Å². The summed E-state index contributed by atoms with van der Waals surface area (Å²) in [6.45, 7) is 4.43. The molecular formula is C19H22N2O3S2. The van der Waals surface area contributed by atoms with Crippen molar-refractivity contribution in [1.29, 1.82) is 5.26 Å². The van der Waals surface area contributed by atoms with Crippen LogP contribution < -0.4 is 4.72 Å². The number of thiophene rings is 1. The lowest BCUT2D eigenvalue weighted by atomic mass is 9.89. The first-order chi connectivity index (χ1) is 12.4. The van der Waals surface area contributed by atoms with Crippen molar-refractivity contribution in [3.05, 3.63) is 46.8 Å². The Balaban J connectivity index is 1.81. The average molecular weight is 391 g/mol. The van der Waals surface area contributed by atoms with E-state index in [9.17, 15) is 8.42 Å². The van der Waals surface area contributed by atoms with Gasteiger partial charge in [0.15, 0.2) is 0 Å². The molecule has 26 heavy (non-hydrogen) atoms. The standard InChI is InChI=1S/C19H22N2O3S2/c1-13(2)26(22,23)21-18-9-10-24-12-17(18)14-3-5-15(6-4-14)19-8-7-16(11-20)25-19/h3-8,13,17-18,21H,9-10,12H2,1-2H3/t17-,18+/m1/s1. The number of nitriles is 1. The molecule has 2 atom stereocenters. The van der Waals surface area contributed by atoms with Crippen LogP contribution in [-0.2, 0) is 14.8 Å². The maximum atomic E-state index is 12.3. The van der Waals surface area contributed by atoms with Crippen molar-refractivity contribution < 1.29 is 13.2 Å². The summed E-state index contributed by atoms with van der Waals surface area (Å²) in [4.78, 5) is 1.73. The second-order valence-corrected chi connectivity index (χ2v) is 10.0. The molecule has 0 amide bonds. The van der Waals surface area contributed by atoms with E-state index in [-0.39, 0.29) is 12.0 Å². The van der Waals surface area contributed by atoms with Crippen LogP contribution in [0.25, 0.3) is 10.4 Å². The number of nitrogens with one attached hydrogen (secondary N) is 1. The third kappa shape index (κ3) is 4.15. The van der Waals surface area contributed by atoms with Crippen molar-refractivity contribution in [2.45, 2.75) is 37.5 Å². The third-order valence-electron chi connectivity index (χ3n) is 4.63. The molecule has 2 aromatic rings. The summed E-state index contributed by atoms with van der Waals surface area (Å²) < 4.78 is 33.0. The second kappa shape index (κ2) is 7.89. The fourth-order valence-corrected chi connectivity index (χ4v) is 4.79. The van der Waals surface area contributed by atoms with Gasteiger partial charge in [-0.3, -0.25) is 0 Å². The van der Waals surface area contributed by atoms with E-state index in [1.165, 1.54) is 11.3 Å². The van der Waals surface area contributed by atoms with E-state index in [1.807, 2.05) is 36.4 Å². The van der Waals surface area contributed by atoms with E-state index in [2.05, 4.69) is 10.8 Å². The zero-order chi connectivity index (χ0) is 18.7. The molecule has 1 aromatic heterocycles. The van der Waals surface area contributed by atoms with E-state index < -0.39 is 15.3 Å². The summed E-state index contributed by atoms with van der Waals surface area (Å²) >= 11 is 1.46. The van der Waals surface area contributed by atoms with Gasteiger partial charge in [0, 0.05) is 23.4 Å². The van der Waals surface area contributed by atoms with E-state index in [0.717, 1.165) is 16.0 Å². The van der Waals surface area contributed by atoms with Crippen LogP contribution in [0.15, 0.2) is 36.4 Å². The van der Waals surface area contributed by atoms with Crippen LogP contribution in [0.1, 0.15) is 36.6 Å². The van der Waals surface area contributed by atoms with Crippen molar-refractivity contribution in [2.24, 2.45) is 0 Å². The van der Waals surface area contributed by atoms with Gasteiger partial charge in [0.1, 0.15) is 10.9 Å².